The molecule has 0 aliphatic rings. The molecule has 2 aromatic rings. The van der Waals surface area contributed by atoms with Crippen LogP contribution in [0.1, 0.15) is 34.7 Å². The summed E-state index contributed by atoms with van der Waals surface area (Å²) in [5.41, 5.74) is 10.2. The van der Waals surface area contributed by atoms with E-state index in [1.807, 2.05) is 20.0 Å². The number of aryl methyl sites for hydroxylation is 1. The summed E-state index contributed by atoms with van der Waals surface area (Å²) in [6.45, 7) is 7.08. The Kier molecular flexibility index (Phi) is 4.22. The third kappa shape index (κ3) is 2.96. The predicted molar refractivity (Wildman–Crippen MR) is 82.3 cm³/mol. The topological polar surface area (TPSA) is 42.2 Å². The predicted octanol–water partition coefficient (Wildman–Crippen LogP) is 3.54. The van der Waals surface area contributed by atoms with Gasteiger partial charge in [-0.3, -0.25) is 9.88 Å². The van der Waals surface area contributed by atoms with Crippen LogP contribution < -0.4 is 5.73 Å². The van der Waals surface area contributed by atoms with Crippen LogP contribution in [-0.4, -0.2) is 16.9 Å². The van der Waals surface area contributed by atoms with E-state index in [0.717, 1.165) is 29.1 Å². The van der Waals surface area contributed by atoms with Gasteiger partial charge in [0.25, 0.3) is 0 Å². The van der Waals surface area contributed by atoms with Crippen molar-refractivity contribution < 1.29 is 0 Å². The number of rotatable bonds is 4. The SMILES string of the molecule is Cc1cnc(CN(C)C(C)c2cccs2)c(C)c1N. The molecule has 102 valence electrons. The molecule has 0 fully saturated rings. The van der Waals surface area contributed by atoms with E-state index in [-0.39, 0.29) is 0 Å². The highest BCUT2D eigenvalue weighted by atomic mass is 32.1. The monoisotopic (exact) mass is 275 g/mol. The molecular formula is C15H21N3S. The summed E-state index contributed by atoms with van der Waals surface area (Å²) in [6.07, 6.45) is 1.86. The average Bonchev–Trinajstić information content (AvgIpc) is 2.92. The Hall–Kier alpha value is -1.39. The first-order valence-corrected chi connectivity index (χ1v) is 7.33. The van der Waals surface area contributed by atoms with E-state index in [0.29, 0.717) is 6.04 Å². The summed E-state index contributed by atoms with van der Waals surface area (Å²) in [5, 5.41) is 2.12. The molecule has 0 saturated carbocycles. The molecule has 1 atom stereocenters. The van der Waals surface area contributed by atoms with Gasteiger partial charge < -0.3 is 5.73 Å². The fraction of sp³-hybridized carbons (Fsp3) is 0.400. The van der Waals surface area contributed by atoms with Gasteiger partial charge in [0, 0.05) is 29.3 Å². The molecule has 0 saturated heterocycles. The third-order valence-corrected chi connectivity index (χ3v) is 4.73. The van der Waals surface area contributed by atoms with Crippen molar-refractivity contribution in [2.24, 2.45) is 0 Å². The Labute approximate surface area is 119 Å². The molecule has 0 bridgehead atoms. The summed E-state index contributed by atoms with van der Waals surface area (Å²) >= 11 is 1.79. The number of nitrogens with two attached hydrogens (primary N) is 1. The zero-order valence-electron chi connectivity index (χ0n) is 12.0. The fourth-order valence-electron chi connectivity index (χ4n) is 2.07. The molecule has 4 heteroatoms. The van der Waals surface area contributed by atoms with Gasteiger partial charge in [0.1, 0.15) is 0 Å². The van der Waals surface area contributed by atoms with Crippen LogP contribution in [0.4, 0.5) is 5.69 Å². The molecule has 0 radical (unpaired) electrons. The van der Waals surface area contributed by atoms with Crippen molar-refractivity contribution in [2.45, 2.75) is 33.4 Å². The molecule has 0 aliphatic heterocycles. The molecule has 2 heterocycles. The van der Waals surface area contributed by atoms with Crippen LogP contribution in [0.2, 0.25) is 0 Å². The van der Waals surface area contributed by atoms with E-state index in [4.69, 9.17) is 5.73 Å². The van der Waals surface area contributed by atoms with Crippen molar-refractivity contribution in [1.82, 2.24) is 9.88 Å². The van der Waals surface area contributed by atoms with E-state index < -0.39 is 0 Å². The molecule has 0 spiro atoms. The number of nitrogens with zero attached hydrogens (tertiary/aromatic N) is 2. The van der Waals surface area contributed by atoms with Gasteiger partial charge in [-0.15, -0.1) is 11.3 Å². The molecule has 1 unspecified atom stereocenters. The number of nitrogen functional groups attached to an aromatic ring is 1. The quantitative estimate of drug-likeness (QED) is 0.928. The molecule has 2 rings (SSSR count). The lowest BCUT2D eigenvalue weighted by atomic mass is 10.1. The van der Waals surface area contributed by atoms with E-state index >= 15 is 0 Å². The van der Waals surface area contributed by atoms with E-state index in [9.17, 15) is 0 Å². The first-order valence-electron chi connectivity index (χ1n) is 6.45. The summed E-state index contributed by atoms with van der Waals surface area (Å²) in [5.74, 6) is 0. The molecule has 2 N–H and O–H groups in total. The maximum atomic E-state index is 6.07. The normalized spacial score (nSPS) is 12.9. The second-order valence-corrected chi connectivity index (χ2v) is 6.01. The van der Waals surface area contributed by atoms with Crippen molar-refractivity contribution >= 4 is 17.0 Å². The van der Waals surface area contributed by atoms with Crippen LogP contribution >= 0.6 is 11.3 Å². The lowest BCUT2D eigenvalue weighted by Crippen LogP contribution is -2.22. The first kappa shape index (κ1) is 14.0. The number of hydrogen-bond donors (Lipinski definition) is 1. The Morgan fingerprint density at radius 2 is 2.16 bits per heavy atom. The van der Waals surface area contributed by atoms with Crippen molar-refractivity contribution in [1.29, 1.82) is 0 Å². The van der Waals surface area contributed by atoms with Gasteiger partial charge in [0.05, 0.1) is 5.69 Å². The minimum atomic E-state index is 0.392. The van der Waals surface area contributed by atoms with Gasteiger partial charge >= 0.3 is 0 Å². The van der Waals surface area contributed by atoms with Crippen molar-refractivity contribution in [3.8, 4) is 0 Å². The highest BCUT2D eigenvalue weighted by Crippen LogP contribution is 2.26. The molecule has 19 heavy (non-hydrogen) atoms. The smallest absolute Gasteiger partial charge is 0.0593 e. The summed E-state index contributed by atoms with van der Waals surface area (Å²) in [4.78, 5) is 8.20. The highest BCUT2D eigenvalue weighted by Gasteiger charge is 2.15. The zero-order valence-corrected chi connectivity index (χ0v) is 12.8. The van der Waals surface area contributed by atoms with E-state index in [1.54, 1.807) is 11.3 Å². The molecule has 3 nitrogen and oxygen atoms in total. The zero-order chi connectivity index (χ0) is 14.0. The van der Waals surface area contributed by atoms with E-state index in [1.165, 1.54) is 4.88 Å². The number of aromatic nitrogens is 1. The minimum absolute atomic E-state index is 0.392. The van der Waals surface area contributed by atoms with Gasteiger partial charge in [-0.25, -0.2) is 0 Å². The second kappa shape index (κ2) is 5.72. The van der Waals surface area contributed by atoms with Crippen LogP contribution in [0.3, 0.4) is 0 Å². The summed E-state index contributed by atoms with van der Waals surface area (Å²) in [6, 6.07) is 4.66. The lowest BCUT2D eigenvalue weighted by molar-refractivity contribution is 0.253. The molecular weight excluding hydrogens is 254 g/mol. The second-order valence-electron chi connectivity index (χ2n) is 5.03. The number of thiophene rings is 1. The Balaban J connectivity index is 2.15. The highest BCUT2D eigenvalue weighted by molar-refractivity contribution is 7.10. The molecule has 0 aliphatic carbocycles. The third-order valence-electron chi connectivity index (χ3n) is 3.69. The number of hydrogen-bond acceptors (Lipinski definition) is 4. The van der Waals surface area contributed by atoms with E-state index in [2.05, 4.69) is 41.4 Å². The molecule has 2 aromatic heterocycles. The maximum absolute atomic E-state index is 6.07. The Morgan fingerprint density at radius 3 is 2.79 bits per heavy atom. The fourth-order valence-corrected chi connectivity index (χ4v) is 2.92. The van der Waals surface area contributed by atoms with Crippen molar-refractivity contribution in [3.05, 3.63) is 45.4 Å². The minimum Gasteiger partial charge on any atom is -0.398 e. The molecule has 0 amide bonds. The average molecular weight is 275 g/mol. The van der Waals surface area contributed by atoms with Gasteiger partial charge in [0.15, 0.2) is 0 Å². The first-order chi connectivity index (χ1) is 9.00. The Bertz CT molecular complexity index is 549. The summed E-state index contributed by atoms with van der Waals surface area (Å²) < 4.78 is 0. The lowest BCUT2D eigenvalue weighted by Gasteiger charge is -2.24. The van der Waals surface area contributed by atoms with Crippen LogP contribution in [0, 0.1) is 13.8 Å². The van der Waals surface area contributed by atoms with Crippen LogP contribution in [0.15, 0.2) is 23.7 Å². The standard InChI is InChI=1S/C15H21N3S/c1-10-8-17-13(11(2)15(10)16)9-18(4)12(3)14-6-5-7-19-14/h5-8,12H,9H2,1-4H3,(H2,16,17). The van der Waals surface area contributed by atoms with Gasteiger partial charge in [-0.2, -0.15) is 0 Å². The molecule has 0 aromatic carbocycles. The maximum Gasteiger partial charge on any atom is 0.0593 e. The van der Waals surface area contributed by atoms with Gasteiger partial charge in [-0.1, -0.05) is 6.07 Å². The van der Waals surface area contributed by atoms with Gasteiger partial charge in [-0.05, 0) is 50.4 Å². The number of anilines is 1. The van der Waals surface area contributed by atoms with Crippen molar-refractivity contribution in [3.63, 3.8) is 0 Å². The van der Waals surface area contributed by atoms with Crippen LogP contribution in [-0.2, 0) is 6.54 Å². The van der Waals surface area contributed by atoms with Crippen LogP contribution in [0.5, 0.6) is 0 Å². The largest absolute Gasteiger partial charge is 0.398 e. The van der Waals surface area contributed by atoms with Crippen molar-refractivity contribution in [2.75, 3.05) is 12.8 Å². The van der Waals surface area contributed by atoms with Crippen LogP contribution in [0.25, 0.3) is 0 Å². The summed E-state index contributed by atoms with van der Waals surface area (Å²) in [7, 11) is 2.13. The number of pyridine rings is 1. The Morgan fingerprint density at radius 1 is 1.42 bits per heavy atom. The van der Waals surface area contributed by atoms with Gasteiger partial charge in [0.2, 0.25) is 0 Å².